The van der Waals surface area contributed by atoms with E-state index in [1.165, 1.54) is 37.3 Å². The molecule has 0 radical (unpaired) electrons. The Labute approximate surface area is 122 Å². The summed E-state index contributed by atoms with van der Waals surface area (Å²) in [4.78, 5) is 5.01. The van der Waals surface area contributed by atoms with Gasteiger partial charge in [-0.3, -0.25) is 0 Å². The third-order valence-corrected chi connectivity index (χ3v) is 4.28. The van der Waals surface area contributed by atoms with Crippen molar-refractivity contribution in [2.45, 2.75) is 12.8 Å². The summed E-state index contributed by atoms with van der Waals surface area (Å²) in [6, 6.07) is 8.84. The molecule has 0 aromatic heterocycles. The Morgan fingerprint density at radius 2 is 1.85 bits per heavy atom. The summed E-state index contributed by atoms with van der Waals surface area (Å²) in [7, 11) is 0. The van der Waals surface area contributed by atoms with Crippen LogP contribution in [0.25, 0.3) is 0 Å². The van der Waals surface area contributed by atoms with Gasteiger partial charge in [0.05, 0.1) is 0 Å². The van der Waals surface area contributed by atoms with E-state index in [1.807, 2.05) is 0 Å². The summed E-state index contributed by atoms with van der Waals surface area (Å²) in [5.74, 6) is 0. The SMILES string of the molecule is c1cc(NCCN2CCCC2)cc(N2CCNCC2)c1. The van der Waals surface area contributed by atoms with Crippen molar-refractivity contribution in [1.82, 2.24) is 10.2 Å². The molecular formula is C16H26N4. The number of rotatable bonds is 5. The van der Waals surface area contributed by atoms with Gasteiger partial charge in [-0.25, -0.2) is 0 Å². The van der Waals surface area contributed by atoms with E-state index in [0.29, 0.717) is 0 Å². The standard InChI is InChI=1S/C16H26N4/c1-2-10-19(9-1)11-8-18-15-4-3-5-16(14-15)20-12-6-17-7-13-20/h3-5,14,17-18H,1-2,6-13H2. The zero-order valence-corrected chi connectivity index (χ0v) is 12.3. The highest BCUT2D eigenvalue weighted by molar-refractivity contribution is 5.58. The summed E-state index contributed by atoms with van der Waals surface area (Å²) in [6.07, 6.45) is 2.75. The second-order valence-corrected chi connectivity index (χ2v) is 5.76. The second-order valence-electron chi connectivity index (χ2n) is 5.76. The van der Waals surface area contributed by atoms with Crippen LogP contribution < -0.4 is 15.5 Å². The van der Waals surface area contributed by atoms with Crippen molar-refractivity contribution >= 4 is 11.4 Å². The Bertz CT molecular complexity index is 409. The summed E-state index contributed by atoms with van der Waals surface area (Å²) >= 11 is 0. The molecule has 1 aromatic carbocycles. The molecule has 0 atom stereocenters. The molecule has 0 spiro atoms. The largest absolute Gasteiger partial charge is 0.384 e. The van der Waals surface area contributed by atoms with E-state index in [1.54, 1.807) is 0 Å². The number of benzene rings is 1. The molecule has 3 rings (SSSR count). The van der Waals surface area contributed by atoms with Crippen LogP contribution in [0.4, 0.5) is 11.4 Å². The van der Waals surface area contributed by atoms with Crippen LogP contribution in [-0.2, 0) is 0 Å². The molecule has 2 N–H and O–H groups in total. The predicted octanol–water partition coefficient (Wildman–Crippen LogP) is 1.60. The van der Waals surface area contributed by atoms with Gasteiger partial charge in [0.1, 0.15) is 0 Å². The Morgan fingerprint density at radius 3 is 2.65 bits per heavy atom. The molecular weight excluding hydrogens is 248 g/mol. The van der Waals surface area contributed by atoms with Crippen molar-refractivity contribution in [1.29, 1.82) is 0 Å². The topological polar surface area (TPSA) is 30.5 Å². The van der Waals surface area contributed by atoms with Gasteiger partial charge in [0.2, 0.25) is 0 Å². The minimum Gasteiger partial charge on any atom is -0.384 e. The molecule has 2 saturated heterocycles. The van der Waals surface area contributed by atoms with Gasteiger partial charge in [-0.05, 0) is 44.1 Å². The lowest BCUT2D eigenvalue weighted by atomic mass is 10.2. The highest BCUT2D eigenvalue weighted by Crippen LogP contribution is 2.19. The highest BCUT2D eigenvalue weighted by atomic mass is 15.2. The van der Waals surface area contributed by atoms with Gasteiger partial charge in [-0.15, -0.1) is 0 Å². The van der Waals surface area contributed by atoms with Crippen LogP contribution in [0.15, 0.2) is 24.3 Å². The van der Waals surface area contributed by atoms with Crippen LogP contribution in [0, 0.1) is 0 Å². The van der Waals surface area contributed by atoms with Gasteiger partial charge < -0.3 is 20.4 Å². The zero-order valence-electron chi connectivity index (χ0n) is 12.3. The number of nitrogens with zero attached hydrogens (tertiary/aromatic N) is 2. The number of piperazine rings is 1. The van der Waals surface area contributed by atoms with Crippen molar-refractivity contribution < 1.29 is 0 Å². The van der Waals surface area contributed by atoms with Crippen molar-refractivity contribution in [3.8, 4) is 0 Å². The maximum atomic E-state index is 3.57. The number of anilines is 2. The lowest BCUT2D eigenvalue weighted by Gasteiger charge is -2.29. The molecule has 2 aliphatic heterocycles. The van der Waals surface area contributed by atoms with Crippen molar-refractivity contribution in [3.05, 3.63) is 24.3 Å². The molecule has 0 aliphatic carbocycles. The number of hydrogen-bond donors (Lipinski definition) is 2. The zero-order chi connectivity index (χ0) is 13.6. The quantitative estimate of drug-likeness (QED) is 0.854. The van der Waals surface area contributed by atoms with E-state index < -0.39 is 0 Å². The Hall–Kier alpha value is -1.26. The van der Waals surface area contributed by atoms with Crippen LogP contribution in [-0.4, -0.2) is 57.3 Å². The van der Waals surface area contributed by atoms with Gasteiger partial charge >= 0.3 is 0 Å². The lowest BCUT2D eigenvalue weighted by Crippen LogP contribution is -2.43. The molecule has 0 bridgehead atoms. The molecule has 0 unspecified atom stereocenters. The fourth-order valence-electron chi connectivity index (χ4n) is 3.10. The molecule has 4 nitrogen and oxygen atoms in total. The van der Waals surface area contributed by atoms with Gasteiger partial charge in [0, 0.05) is 50.6 Å². The van der Waals surface area contributed by atoms with E-state index >= 15 is 0 Å². The van der Waals surface area contributed by atoms with Crippen LogP contribution >= 0.6 is 0 Å². The normalized spacial score (nSPS) is 20.3. The molecule has 2 fully saturated rings. The third kappa shape index (κ3) is 3.64. The molecule has 110 valence electrons. The molecule has 2 aliphatic rings. The maximum absolute atomic E-state index is 3.57. The lowest BCUT2D eigenvalue weighted by molar-refractivity contribution is 0.352. The maximum Gasteiger partial charge on any atom is 0.0387 e. The Morgan fingerprint density at radius 1 is 1.05 bits per heavy atom. The highest BCUT2D eigenvalue weighted by Gasteiger charge is 2.12. The number of likely N-dealkylation sites (tertiary alicyclic amines) is 1. The molecule has 2 heterocycles. The minimum atomic E-state index is 1.05. The molecule has 0 saturated carbocycles. The molecule has 0 amide bonds. The first kappa shape index (κ1) is 13.7. The average molecular weight is 274 g/mol. The van der Waals surface area contributed by atoms with E-state index in [9.17, 15) is 0 Å². The van der Waals surface area contributed by atoms with E-state index in [2.05, 4.69) is 44.7 Å². The summed E-state index contributed by atoms with van der Waals surface area (Å²) in [5, 5.41) is 6.97. The Balaban J connectivity index is 1.51. The summed E-state index contributed by atoms with van der Waals surface area (Å²) < 4.78 is 0. The van der Waals surface area contributed by atoms with Crippen LogP contribution in [0.2, 0.25) is 0 Å². The molecule has 4 heteroatoms. The second kappa shape index (κ2) is 6.95. The van der Waals surface area contributed by atoms with E-state index in [0.717, 1.165) is 39.3 Å². The molecule has 1 aromatic rings. The fourth-order valence-corrected chi connectivity index (χ4v) is 3.10. The van der Waals surface area contributed by atoms with Crippen LogP contribution in [0.3, 0.4) is 0 Å². The first-order valence-corrected chi connectivity index (χ1v) is 7.94. The molecule has 20 heavy (non-hydrogen) atoms. The third-order valence-electron chi connectivity index (χ3n) is 4.28. The van der Waals surface area contributed by atoms with Gasteiger partial charge in [0.15, 0.2) is 0 Å². The van der Waals surface area contributed by atoms with Gasteiger partial charge in [-0.1, -0.05) is 6.07 Å². The van der Waals surface area contributed by atoms with E-state index in [4.69, 9.17) is 0 Å². The van der Waals surface area contributed by atoms with Crippen LogP contribution in [0.1, 0.15) is 12.8 Å². The Kier molecular flexibility index (Phi) is 4.77. The van der Waals surface area contributed by atoms with E-state index in [-0.39, 0.29) is 0 Å². The van der Waals surface area contributed by atoms with Gasteiger partial charge in [0.25, 0.3) is 0 Å². The monoisotopic (exact) mass is 274 g/mol. The predicted molar refractivity (Wildman–Crippen MR) is 85.7 cm³/mol. The fraction of sp³-hybridized carbons (Fsp3) is 0.625. The first-order chi connectivity index (χ1) is 9.92. The van der Waals surface area contributed by atoms with Crippen molar-refractivity contribution in [2.24, 2.45) is 0 Å². The number of hydrogen-bond acceptors (Lipinski definition) is 4. The summed E-state index contributed by atoms with van der Waals surface area (Å²) in [5.41, 5.74) is 2.60. The van der Waals surface area contributed by atoms with Gasteiger partial charge in [-0.2, -0.15) is 0 Å². The van der Waals surface area contributed by atoms with Crippen molar-refractivity contribution in [2.75, 3.05) is 62.6 Å². The first-order valence-electron chi connectivity index (χ1n) is 7.94. The minimum absolute atomic E-state index is 1.05. The average Bonchev–Trinajstić information content (AvgIpc) is 3.02. The summed E-state index contributed by atoms with van der Waals surface area (Å²) in [6.45, 7) is 9.17. The smallest absolute Gasteiger partial charge is 0.0387 e. The van der Waals surface area contributed by atoms with Crippen molar-refractivity contribution in [3.63, 3.8) is 0 Å². The number of nitrogens with one attached hydrogen (secondary N) is 2. The van der Waals surface area contributed by atoms with Crippen LogP contribution in [0.5, 0.6) is 0 Å².